The number of carboxylic acid groups (broad SMARTS) is 2. The van der Waals surface area contributed by atoms with Gasteiger partial charge in [-0.25, -0.2) is 4.79 Å². The Labute approximate surface area is 231 Å². The number of amides is 1. The summed E-state index contributed by atoms with van der Waals surface area (Å²) in [6, 6.07) is 1.95. The van der Waals surface area contributed by atoms with Crippen molar-refractivity contribution in [1.29, 1.82) is 0 Å². The molecule has 1 heterocycles. The Morgan fingerprint density at radius 3 is 2.32 bits per heavy atom. The van der Waals surface area contributed by atoms with Crippen LogP contribution >= 0.6 is 11.3 Å². The fourth-order valence-corrected chi connectivity index (χ4v) is 7.48. The zero-order valence-electron chi connectivity index (χ0n) is 23.5. The summed E-state index contributed by atoms with van der Waals surface area (Å²) in [6.07, 6.45) is 12.6. The molecule has 0 radical (unpaired) electrons. The summed E-state index contributed by atoms with van der Waals surface area (Å²) >= 11 is 1.36. The Morgan fingerprint density at radius 1 is 1.03 bits per heavy atom. The molecule has 7 nitrogen and oxygen atoms in total. The quantitative estimate of drug-likeness (QED) is 0.336. The van der Waals surface area contributed by atoms with E-state index in [0.717, 1.165) is 55.1 Å². The number of aliphatic carboxylic acids is 1. The van der Waals surface area contributed by atoms with Crippen molar-refractivity contribution in [3.8, 4) is 0 Å². The Hall–Kier alpha value is -2.35. The van der Waals surface area contributed by atoms with Gasteiger partial charge in [0, 0.05) is 24.5 Å². The van der Waals surface area contributed by atoms with Gasteiger partial charge in [0.15, 0.2) is 0 Å². The summed E-state index contributed by atoms with van der Waals surface area (Å²) in [5.74, 6) is -2.24. The molecule has 3 N–H and O–H groups in total. The molecule has 3 aliphatic carbocycles. The van der Waals surface area contributed by atoms with Gasteiger partial charge < -0.3 is 20.4 Å². The molecule has 3 atom stereocenters. The fraction of sp³-hybridized carbons (Fsp3) is 0.700. The zero-order chi connectivity index (χ0) is 27.8. The maximum atomic E-state index is 12.4. The van der Waals surface area contributed by atoms with Crippen LogP contribution in [0.15, 0.2) is 12.1 Å². The summed E-state index contributed by atoms with van der Waals surface area (Å²) in [7, 11) is 1.55. The van der Waals surface area contributed by atoms with Gasteiger partial charge in [-0.05, 0) is 81.3 Å². The molecule has 0 bridgehead atoms. The van der Waals surface area contributed by atoms with Crippen LogP contribution in [0.3, 0.4) is 0 Å². The minimum atomic E-state index is -0.948. The molecule has 0 aromatic carbocycles. The smallest absolute Gasteiger partial charge is 0.348 e. The van der Waals surface area contributed by atoms with E-state index in [9.17, 15) is 24.6 Å². The molecule has 0 saturated heterocycles. The van der Waals surface area contributed by atoms with Crippen molar-refractivity contribution in [2.75, 3.05) is 18.5 Å². The van der Waals surface area contributed by atoms with E-state index in [0.29, 0.717) is 30.1 Å². The van der Waals surface area contributed by atoms with E-state index in [2.05, 4.69) is 29.3 Å². The van der Waals surface area contributed by atoms with Crippen LogP contribution in [0, 0.1) is 23.7 Å². The monoisotopic (exact) mass is 546 g/mol. The van der Waals surface area contributed by atoms with Crippen molar-refractivity contribution >= 4 is 40.4 Å². The van der Waals surface area contributed by atoms with Gasteiger partial charge >= 0.3 is 11.9 Å². The lowest BCUT2D eigenvalue weighted by molar-refractivity contribution is -0.149. The van der Waals surface area contributed by atoms with Crippen LogP contribution in [0.5, 0.6) is 0 Å². The third-order valence-corrected chi connectivity index (χ3v) is 9.77. The Morgan fingerprint density at radius 2 is 1.74 bits per heavy atom. The molecule has 2 fully saturated rings. The van der Waals surface area contributed by atoms with Gasteiger partial charge in [-0.3, -0.25) is 9.59 Å². The molecule has 4 rings (SSSR count). The molecule has 8 heteroatoms. The minimum absolute atomic E-state index is 0.104. The minimum Gasteiger partial charge on any atom is -0.481 e. The molecule has 1 aromatic heterocycles. The van der Waals surface area contributed by atoms with Gasteiger partial charge in [0.2, 0.25) is 5.91 Å². The highest BCUT2D eigenvalue weighted by Gasteiger charge is 2.42. The first-order valence-corrected chi connectivity index (χ1v) is 15.4. The number of nitrogens with zero attached hydrogens (tertiary/aromatic N) is 1. The van der Waals surface area contributed by atoms with Crippen LogP contribution in [0.4, 0.5) is 5.69 Å². The van der Waals surface area contributed by atoms with Crippen molar-refractivity contribution in [1.82, 2.24) is 5.32 Å². The summed E-state index contributed by atoms with van der Waals surface area (Å²) in [5.41, 5.74) is 1.97. The van der Waals surface area contributed by atoms with Crippen molar-refractivity contribution < 1.29 is 24.6 Å². The van der Waals surface area contributed by atoms with Crippen LogP contribution in [0.2, 0.25) is 0 Å². The number of aromatic carboxylic acids is 1. The van der Waals surface area contributed by atoms with E-state index in [1.54, 1.807) is 7.05 Å². The summed E-state index contributed by atoms with van der Waals surface area (Å²) < 4.78 is 0. The molecular weight excluding hydrogens is 500 g/mol. The van der Waals surface area contributed by atoms with Crippen LogP contribution in [0.25, 0.3) is 5.57 Å². The van der Waals surface area contributed by atoms with Crippen LogP contribution < -0.4 is 10.2 Å². The third kappa shape index (κ3) is 7.19. The summed E-state index contributed by atoms with van der Waals surface area (Å²) in [5, 5.41) is 22.8. The average Bonchev–Trinajstić information content (AvgIpc) is 3.39. The van der Waals surface area contributed by atoms with Crippen LogP contribution in [-0.2, 0) is 9.59 Å². The molecule has 0 spiro atoms. The van der Waals surface area contributed by atoms with Crippen LogP contribution in [-0.4, -0.2) is 47.7 Å². The maximum absolute atomic E-state index is 12.4. The van der Waals surface area contributed by atoms with Gasteiger partial charge in [-0.2, -0.15) is 0 Å². The number of anilines is 1. The Balaban J connectivity index is 0.00000195. The normalized spacial score (nSPS) is 27.4. The van der Waals surface area contributed by atoms with Crippen molar-refractivity contribution in [3.63, 3.8) is 0 Å². The first-order valence-electron chi connectivity index (χ1n) is 14.6. The highest BCUT2D eigenvalue weighted by molar-refractivity contribution is 7.15. The van der Waals surface area contributed by atoms with E-state index in [1.165, 1.54) is 36.2 Å². The lowest BCUT2D eigenvalue weighted by Gasteiger charge is -2.42. The van der Waals surface area contributed by atoms with E-state index < -0.39 is 23.8 Å². The number of thiophene rings is 1. The molecule has 1 amide bonds. The van der Waals surface area contributed by atoms with Gasteiger partial charge in [0.1, 0.15) is 4.88 Å². The van der Waals surface area contributed by atoms with Gasteiger partial charge in [0.25, 0.3) is 0 Å². The molecule has 2 saturated carbocycles. The third-order valence-electron chi connectivity index (χ3n) is 8.58. The number of nitrogens with one attached hydrogen (secondary N) is 1. The van der Waals surface area contributed by atoms with E-state index in [-0.39, 0.29) is 11.9 Å². The van der Waals surface area contributed by atoms with E-state index in [1.807, 2.05) is 13.8 Å². The van der Waals surface area contributed by atoms with E-state index >= 15 is 0 Å². The van der Waals surface area contributed by atoms with Gasteiger partial charge in [-0.15, -0.1) is 11.3 Å². The van der Waals surface area contributed by atoms with Gasteiger partial charge in [0.05, 0.1) is 17.5 Å². The lowest BCUT2D eigenvalue weighted by atomic mass is 9.75. The molecule has 3 unspecified atom stereocenters. The molecule has 0 aliphatic heterocycles. The predicted molar refractivity (Wildman–Crippen MR) is 154 cm³/mol. The number of carboxylic acids is 2. The van der Waals surface area contributed by atoms with Crippen molar-refractivity contribution in [2.45, 2.75) is 97.4 Å². The molecule has 212 valence electrons. The molecule has 1 aromatic rings. The lowest BCUT2D eigenvalue weighted by Crippen LogP contribution is -2.48. The second-order valence-corrected chi connectivity index (χ2v) is 12.1. The second-order valence-electron chi connectivity index (χ2n) is 11.0. The number of rotatable bonds is 8. The Bertz CT molecular complexity index is 995. The second kappa shape index (κ2) is 14.2. The standard InChI is InChI=1S/C28H40N2O5S.C2H6/c1-17-8-10-18(11-9-17)16-30(20-12-13-21(26(31)29-2)22(14-20)27(32)33)23-15-24(36-25(23)28(34)35)19-6-4-3-5-7-19;1-2/h6,15,17-18,20-22H,3-5,7-14,16H2,1-2H3,(H,29,31)(H,32,33)(H,34,35);1-2H3. The van der Waals surface area contributed by atoms with Crippen LogP contribution in [0.1, 0.15) is 106 Å². The molecular formula is C30H46N2O5S. The van der Waals surface area contributed by atoms with Crippen molar-refractivity contribution in [3.05, 3.63) is 21.9 Å². The Kier molecular flexibility index (Phi) is 11.2. The zero-order valence-corrected chi connectivity index (χ0v) is 24.3. The number of carbonyl (C=O) groups is 3. The highest BCUT2D eigenvalue weighted by atomic mass is 32.1. The predicted octanol–water partition coefficient (Wildman–Crippen LogP) is 6.68. The first kappa shape index (κ1) is 30.2. The molecule has 38 heavy (non-hydrogen) atoms. The summed E-state index contributed by atoms with van der Waals surface area (Å²) in [4.78, 5) is 40.6. The molecule has 3 aliphatic rings. The number of carbonyl (C=O) groups excluding carboxylic acids is 1. The summed E-state index contributed by atoms with van der Waals surface area (Å²) in [6.45, 7) is 7.03. The van der Waals surface area contributed by atoms with E-state index in [4.69, 9.17) is 0 Å². The fourth-order valence-electron chi connectivity index (χ4n) is 6.41. The maximum Gasteiger partial charge on any atom is 0.348 e. The SMILES string of the molecule is CC.CNC(=O)C1CCC(N(CC2CCC(C)CC2)c2cc(C3=CCCCC3)sc2C(=O)O)CC1C(=O)O. The number of hydrogen-bond acceptors (Lipinski definition) is 5. The largest absolute Gasteiger partial charge is 0.481 e. The topological polar surface area (TPSA) is 107 Å². The number of allylic oxidation sites excluding steroid dienone is 2. The number of hydrogen-bond donors (Lipinski definition) is 3. The average molecular weight is 547 g/mol. The van der Waals surface area contributed by atoms with Crippen molar-refractivity contribution in [2.24, 2.45) is 23.7 Å². The van der Waals surface area contributed by atoms with Gasteiger partial charge in [-0.1, -0.05) is 39.7 Å². The first-order chi connectivity index (χ1) is 18.3. The highest BCUT2D eigenvalue weighted by Crippen LogP contribution is 2.43.